The molecule has 37 heavy (non-hydrogen) atoms. The molecule has 0 N–H and O–H groups in total. The van der Waals surface area contributed by atoms with Crippen molar-refractivity contribution >= 4 is 42.2 Å². The van der Waals surface area contributed by atoms with Crippen LogP contribution in [0.3, 0.4) is 0 Å². The smallest absolute Gasteiger partial charge is 0.383 e. The highest BCUT2D eigenvalue weighted by Gasteiger charge is 2.53. The van der Waals surface area contributed by atoms with Crippen LogP contribution in [0.4, 0.5) is 0 Å². The van der Waals surface area contributed by atoms with Gasteiger partial charge >= 0.3 is 17.5 Å². The van der Waals surface area contributed by atoms with Crippen LogP contribution in [-0.2, 0) is 22.1 Å². The van der Waals surface area contributed by atoms with Crippen molar-refractivity contribution in [3.05, 3.63) is 0 Å². The minimum atomic E-state index is -2.59. The van der Waals surface area contributed by atoms with Crippen molar-refractivity contribution in [2.45, 2.75) is 117 Å². The van der Waals surface area contributed by atoms with E-state index in [-0.39, 0.29) is 0 Å². The third kappa shape index (κ3) is 11.0. The van der Waals surface area contributed by atoms with E-state index in [2.05, 4.69) is 67.8 Å². The zero-order valence-electron chi connectivity index (χ0n) is 26.6. The fourth-order valence-electron chi connectivity index (χ4n) is 6.05. The molecule has 0 radical (unpaired) electrons. The lowest BCUT2D eigenvalue weighted by atomic mass is 10.5. The molecule has 0 aromatic rings. The van der Waals surface area contributed by atoms with Crippen LogP contribution in [0.15, 0.2) is 0 Å². The molecule has 1 unspecified atom stereocenters. The van der Waals surface area contributed by atoms with E-state index < -0.39 is 42.2 Å². The van der Waals surface area contributed by atoms with Gasteiger partial charge in [-0.15, -0.1) is 0 Å². The maximum Gasteiger partial charge on any atom is 0.500 e. The van der Waals surface area contributed by atoms with Gasteiger partial charge in [0.05, 0.1) is 0 Å². The molecule has 1 heterocycles. The molecule has 0 bridgehead atoms. The minimum absolute atomic E-state index is 0.645. The van der Waals surface area contributed by atoms with Gasteiger partial charge in [-0.3, -0.25) is 0 Å². The zero-order chi connectivity index (χ0) is 28.4. The number of hydrogen-bond acceptors (Lipinski definition) is 7. The second kappa shape index (κ2) is 15.7. The molecular weight excluding hydrogens is 549 g/mol. The van der Waals surface area contributed by atoms with Gasteiger partial charge in [0.25, 0.3) is 0 Å². The summed E-state index contributed by atoms with van der Waals surface area (Å²) in [4.78, 5) is 0. The van der Waals surface area contributed by atoms with E-state index in [4.69, 9.17) is 22.1 Å². The van der Waals surface area contributed by atoms with Crippen LogP contribution >= 0.6 is 0 Å². The fraction of sp³-hybridized carbons (Fsp3) is 1.00. The Hall–Kier alpha value is 0.804. The Morgan fingerprint density at radius 3 is 1.76 bits per heavy atom. The number of hydrogen-bond donors (Lipinski definition) is 0. The summed E-state index contributed by atoms with van der Waals surface area (Å²) in [6, 6.07) is 3.27. The minimum Gasteiger partial charge on any atom is -0.383 e. The first kappa shape index (κ1) is 35.8. The van der Waals surface area contributed by atoms with Gasteiger partial charge in [0, 0.05) is 45.1 Å². The average molecular weight is 611 g/mol. The van der Waals surface area contributed by atoms with Crippen molar-refractivity contribution in [3.8, 4) is 0 Å². The van der Waals surface area contributed by atoms with Crippen molar-refractivity contribution in [1.29, 1.82) is 0 Å². The molecule has 0 aliphatic carbocycles. The van der Waals surface area contributed by atoms with Gasteiger partial charge in [0.15, 0.2) is 0 Å². The Balaban J connectivity index is 2.82. The summed E-state index contributed by atoms with van der Waals surface area (Å²) in [6.45, 7) is 34.0. The molecule has 1 fully saturated rings. The lowest BCUT2D eigenvalue weighted by Gasteiger charge is -2.46. The van der Waals surface area contributed by atoms with Crippen LogP contribution in [0.1, 0.15) is 47.0 Å². The van der Waals surface area contributed by atoms with Crippen LogP contribution in [0.5, 0.6) is 0 Å². The first-order valence-electron chi connectivity index (χ1n) is 14.9. The lowest BCUT2D eigenvalue weighted by molar-refractivity contribution is 0.0706. The molecule has 1 rings (SSSR count). The van der Waals surface area contributed by atoms with Crippen molar-refractivity contribution in [2.24, 2.45) is 0 Å². The summed E-state index contributed by atoms with van der Waals surface area (Å²) in [5.74, 6) is 0. The molecule has 0 spiro atoms. The predicted molar refractivity (Wildman–Crippen MR) is 170 cm³/mol. The molecule has 0 aromatic heterocycles. The Kier molecular flexibility index (Phi) is 15.2. The standard InChI is InChI=1S/C25H62N2O5Si5/c1-13-28-36(24-17-21-27(36)34(8,9)10)32-22-19-23-35(11,12)26(33(5,6)7)20-18-25-37(29-14-2,30-15-3)31-16-4/h13-25H2,1-12H3. The molecule has 12 heteroatoms. The Morgan fingerprint density at radius 2 is 1.30 bits per heavy atom. The van der Waals surface area contributed by atoms with Crippen molar-refractivity contribution in [2.75, 3.05) is 46.1 Å². The summed E-state index contributed by atoms with van der Waals surface area (Å²) in [5, 5.41) is 0. The normalized spacial score (nSPS) is 20.4. The fourth-order valence-corrected chi connectivity index (χ4v) is 27.7. The molecule has 0 amide bonds. The van der Waals surface area contributed by atoms with Gasteiger partial charge in [0.1, 0.15) is 24.7 Å². The van der Waals surface area contributed by atoms with Crippen molar-refractivity contribution in [3.63, 3.8) is 0 Å². The van der Waals surface area contributed by atoms with Gasteiger partial charge in [0.2, 0.25) is 0 Å². The summed E-state index contributed by atoms with van der Waals surface area (Å²) in [6.07, 6.45) is 3.40. The molecule has 1 aliphatic heterocycles. The van der Waals surface area contributed by atoms with Crippen LogP contribution < -0.4 is 0 Å². The Bertz CT molecular complexity index is 631. The second-order valence-corrected chi connectivity index (χ2v) is 33.8. The van der Waals surface area contributed by atoms with Gasteiger partial charge < -0.3 is 30.6 Å². The maximum atomic E-state index is 6.79. The molecule has 1 aliphatic rings. The van der Waals surface area contributed by atoms with E-state index in [1.54, 1.807) is 0 Å². The molecule has 7 nitrogen and oxygen atoms in total. The first-order chi connectivity index (χ1) is 17.1. The van der Waals surface area contributed by atoms with Gasteiger partial charge in [-0.25, -0.2) is 0 Å². The van der Waals surface area contributed by atoms with Gasteiger partial charge in [-0.1, -0.05) is 52.4 Å². The third-order valence-electron chi connectivity index (χ3n) is 7.22. The first-order valence-corrected chi connectivity index (χ1v) is 28.8. The van der Waals surface area contributed by atoms with E-state index in [0.717, 1.165) is 51.2 Å². The third-order valence-corrected chi connectivity index (χ3v) is 27.6. The molecule has 0 saturated carbocycles. The van der Waals surface area contributed by atoms with Crippen molar-refractivity contribution < 1.29 is 22.1 Å². The molecule has 1 saturated heterocycles. The lowest BCUT2D eigenvalue weighted by Crippen LogP contribution is -2.63. The highest BCUT2D eigenvalue weighted by atomic mass is 28.4. The SMILES string of the molecule is CCO[Si](CCCN([Si](C)(C)C)[Si](C)(C)CCCO[Si]1(OCC)CCCN1[Si](C)(C)C)(OCC)OCC. The summed E-state index contributed by atoms with van der Waals surface area (Å²) in [5.41, 5.74) is 0. The van der Waals surface area contributed by atoms with Crippen LogP contribution in [0.25, 0.3) is 0 Å². The van der Waals surface area contributed by atoms with E-state index in [9.17, 15) is 0 Å². The molecule has 222 valence electrons. The quantitative estimate of drug-likeness (QED) is 0.112. The topological polar surface area (TPSA) is 52.6 Å². The van der Waals surface area contributed by atoms with Crippen LogP contribution in [-0.4, -0.2) is 96.8 Å². The summed E-state index contributed by atoms with van der Waals surface area (Å²) in [7, 11) is -9.42. The summed E-state index contributed by atoms with van der Waals surface area (Å²) < 4.78 is 37.3. The number of rotatable bonds is 20. The van der Waals surface area contributed by atoms with E-state index in [1.165, 1.54) is 12.5 Å². The van der Waals surface area contributed by atoms with Crippen LogP contribution in [0.2, 0.25) is 70.5 Å². The molecular formula is C25H62N2O5Si5. The van der Waals surface area contributed by atoms with E-state index in [0.29, 0.717) is 19.8 Å². The maximum absolute atomic E-state index is 6.79. The monoisotopic (exact) mass is 610 g/mol. The molecule has 0 aromatic carbocycles. The summed E-state index contributed by atoms with van der Waals surface area (Å²) >= 11 is 0. The van der Waals surface area contributed by atoms with E-state index in [1.807, 2.05) is 20.8 Å². The Morgan fingerprint density at radius 1 is 0.730 bits per heavy atom. The highest BCUT2D eigenvalue weighted by molar-refractivity contribution is 6.90. The van der Waals surface area contributed by atoms with Crippen LogP contribution in [0, 0.1) is 0 Å². The van der Waals surface area contributed by atoms with Gasteiger partial charge in [-0.2, -0.15) is 0 Å². The van der Waals surface area contributed by atoms with Gasteiger partial charge in [-0.05, 0) is 66.1 Å². The second-order valence-electron chi connectivity index (χ2n) is 12.7. The highest BCUT2D eigenvalue weighted by Crippen LogP contribution is 2.34. The largest absolute Gasteiger partial charge is 0.500 e. The predicted octanol–water partition coefficient (Wildman–Crippen LogP) is 6.69. The molecule has 1 atom stereocenters. The zero-order valence-corrected chi connectivity index (χ0v) is 31.6. The number of nitrogens with zero attached hydrogens (tertiary/aromatic N) is 2. The van der Waals surface area contributed by atoms with E-state index >= 15 is 0 Å². The van der Waals surface area contributed by atoms with Crippen molar-refractivity contribution in [1.82, 2.24) is 8.46 Å². The average Bonchev–Trinajstić information content (AvgIpc) is 3.18. The Labute approximate surface area is 235 Å².